The fourth-order valence-electron chi connectivity index (χ4n) is 2.94. The second-order valence-electron chi connectivity index (χ2n) is 6.93. The molecule has 0 aliphatic carbocycles. The molecule has 168 valence electrons. The lowest BCUT2D eigenvalue weighted by molar-refractivity contribution is 0.0429. The van der Waals surface area contributed by atoms with Gasteiger partial charge in [-0.3, -0.25) is 4.31 Å². The van der Waals surface area contributed by atoms with Gasteiger partial charge in [-0.05, 0) is 60.7 Å². The fourth-order valence-corrected chi connectivity index (χ4v) is 4.26. The summed E-state index contributed by atoms with van der Waals surface area (Å²) in [5, 5.41) is 4.44. The normalized spacial score (nSPS) is 11.2. The number of hydrogen-bond acceptors (Lipinski definition) is 7. The number of carbonyl (C=O) groups is 1. The van der Waals surface area contributed by atoms with Crippen molar-refractivity contribution in [1.29, 1.82) is 0 Å². The second kappa shape index (κ2) is 9.43. The van der Waals surface area contributed by atoms with E-state index in [1.165, 1.54) is 35.6 Å². The number of nitrogens with zero attached hydrogens (tertiary/aromatic N) is 3. The Morgan fingerprint density at radius 1 is 1.00 bits per heavy atom. The van der Waals surface area contributed by atoms with Gasteiger partial charge in [0.25, 0.3) is 15.9 Å². The molecule has 0 spiro atoms. The lowest BCUT2D eigenvalue weighted by Gasteiger charge is -2.19. The summed E-state index contributed by atoms with van der Waals surface area (Å²) in [7, 11) is -2.31. The van der Waals surface area contributed by atoms with Crippen LogP contribution in [0.2, 0.25) is 5.02 Å². The summed E-state index contributed by atoms with van der Waals surface area (Å²) in [6.45, 7) is -0.226. The summed E-state index contributed by atoms with van der Waals surface area (Å²) in [6, 6.07) is 21.1. The highest BCUT2D eigenvalue weighted by molar-refractivity contribution is 7.92. The molecule has 10 heteroatoms. The van der Waals surface area contributed by atoms with Crippen molar-refractivity contribution in [1.82, 2.24) is 10.1 Å². The topological polar surface area (TPSA) is 103 Å². The smallest absolute Gasteiger partial charge is 0.338 e. The van der Waals surface area contributed by atoms with Gasteiger partial charge in [0.1, 0.15) is 0 Å². The number of anilines is 1. The highest BCUT2D eigenvalue weighted by atomic mass is 35.5. The van der Waals surface area contributed by atoms with Crippen LogP contribution in [0.25, 0.3) is 11.4 Å². The number of aromatic nitrogens is 2. The van der Waals surface area contributed by atoms with E-state index >= 15 is 0 Å². The van der Waals surface area contributed by atoms with Crippen LogP contribution < -0.4 is 4.31 Å². The molecule has 0 atom stereocenters. The second-order valence-corrected chi connectivity index (χ2v) is 9.33. The molecule has 0 aliphatic rings. The Kier molecular flexibility index (Phi) is 6.43. The minimum absolute atomic E-state index is 0.0508. The Morgan fingerprint density at radius 2 is 1.67 bits per heavy atom. The monoisotopic (exact) mass is 483 g/mol. The van der Waals surface area contributed by atoms with E-state index in [1.54, 1.807) is 54.6 Å². The third kappa shape index (κ3) is 5.05. The highest BCUT2D eigenvalue weighted by Crippen LogP contribution is 2.22. The molecule has 3 aromatic carbocycles. The van der Waals surface area contributed by atoms with Gasteiger partial charge in [-0.1, -0.05) is 35.0 Å². The lowest BCUT2D eigenvalue weighted by atomic mass is 10.2. The van der Waals surface area contributed by atoms with Crippen molar-refractivity contribution >= 4 is 33.3 Å². The molecule has 8 nitrogen and oxygen atoms in total. The van der Waals surface area contributed by atoms with Gasteiger partial charge in [0.15, 0.2) is 6.61 Å². The first-order chi connectivity index (χ1) is 15.8. The third-order valence-corrected chi connectivity index (χ3v) is 6.82. The number of carbonyl (C=O) groups excluding carboxylic acids is 1. The molecule has 0 saturated carbocycles. The Hall–Kier alpha value is -3.69. The van der Waals surface area contributed by atoms with E-state index in [1.807, 2.05) is 0 Å². The van der Waals surface area contributed by atoms with Gasteiger partial charge in [0.2, 0.25) is 5.82 Å². The van der Waals surface area contributed by atoms with E-state index < -0.39 is 16.0 Å². The molecule has 4 aromatic rings. The van der Waals surface area contributed by atoms with Gasteiger partial charge in [0.05, 0.1) is 16.1 Å². The minimum Gasteiger partial charge on any atom is -0.452 e. The molecule has 1 aromatic heterocycles. The predicted octanol–water partition coefficient (Wildman–Crippen LogP) is 4.57. The molecule has 0 aliphatic heterocycles. The molecule has 0 amide bonds. The van der Waals surface area contributed by atoms with Crippen molar-refractivity contribution in [2.45, 2.75) is 11.5 Å². The molecular weight excluding hydrogens is 466 g/mol. The van der Waals surface area contributed by atoms with Gasteiger partial charge in [-0.15, -0.1) is 0 Å². The summed E-state index contributed by atoms with van der Waals surface area (Å²) < 4.78 is 37.2. The van der Waals surface area contributed by atoms with Crippen LogP contribution in [0.5, 0.6) is 0 Å². The average Bonchev–Trinajstić information content (AvgIpc) is 3.32. The van der Waals surface area contributed by atoms with Gasteiger partial charge in [-0.25, -0.2) is 13.2 Å². The highest BCUT2D eigenvalue weighted by Gasteiger charge is 2.22. The van der Waals surface area contributed by atoms with E-state index in [-0.39, 0.29) is 23.0 Å². The first-order valence-corrected chi connectivity index (χ1v) is 11.6. The Morgan fingerprint density at radius 3 is 2.33 bits per heavy atom. The maximum Gasteiger partial charge on any atom is 0.338 e. The first-order valence-electron chi connectivity index (χ1n) is 9.74. The molecule has 0 fully saturated rings. The molecule has 0 unspecified atom stereocenters. The van der Waals surface area contributed by atoms with E-state index in [0.29, 0.717) is 22.1 Å². The minimum atomic E-state index is -3.78. The summed E-state index contributed by atoms with van der Waals surface area (Å²) in [5.41, 5.74) is 1.42. The maximum absolute atomic E-state index is 12.8. The molecule has 4 rings (SSSR count). The van der Waals surface area contributed by atoms with Crippen molar-refractivity contribution in [3.8, 4) is 11.4 Å². The zero-order valence-corrected chi connectivity index (χ0v) is 19.0. The lowest BCUT2D eigenvalue weighted by Crippen LogP contribution is -2.26. The van der Waals surface area contributed by atoms with Crippen molar-refractivity contribution in [2.75, 3.05) is 11.4 Å². The van der Waals surface area contributed by atoms with Crippen LogP contribution in [0.1, 0.15) is 16.2 Å². The Labute approximate surface area is 195 Å². The van der Waals surface area contributed by atoms with Crippen LogP contribution >= 0.6 is 11.6 Å². The van der Waals surface area contributed by atoms with Crippen molar-refractivity contribution < 1.29 is 22.5 Å². The number of benzene rings is 3. The standard InChI is InChI=1S/C23H18ClN3O5S/c1-27(19-5-3-2-4-6-19)33(29,30)20-13-9-17(10-14-20)23(28)31-15-21-25-22(26-32-21)16-7-11-18(24)12-8-16/h2-14H,15H2,1H3. The Bertz CT molecular complexity index is 1360. The van der Waals surface area contributed by atoms with E-state index in [2.05, 4.69) is 10.1 Å². The predicted molar refractivity (Wildman–Crippen MR) is 122 cm³/mol. The first kappa shape index (κ1) is 22.5. The SMILES string of the molecule is CN(c1ccccc1)S(=O)(=O)c1ccc(C(=O)OCc2nc(-c3ccc(Cl)cc3)no2)cc1. The number of rotatable bonds is 7. The number of para-hydroxylation sites is 1. The van der Waals surface area contributed by atoms with Crippen molar-refractivity contribution in [3.63, 3.8) is 0 Å². The summed E-state index contributed by atoms with van der Waals surface area (Å²) >= 11 is 5.87. The molecule has 0 radical (unpaired) electrons. The van der Waals surface area contributed by atoms with Crippen LogP contribution in [0.15, 0.2) is 88.3 Å². The summed E-state index contributed by atoms with van der Waals surface area (Å²) in [6.07, 6.45) is 0. The van der Waals surface area contributed by atoms with Gasteiger partial charge in [-0.2, -0.15) is 4.98 Å². The van der Waals surface area contributed by atoms with Crippen molar-refractivity contribution in [2.24, 2.45) is 0 Å². The molecular formula is C23H18ClN3O5S. The molecule has 33 heavy (non-hydrogen) atoms. The van der Waals surface area contributed by atoms with Crippen LogP contribution in [0, 0.1) is 0 Å². The number of halogens is 1. The fraction of sp³-hybridized carbons (Fsp3) is 0.0870. The Balaban J connectivity index is 1.40. The van der Waals surface area contributed by atoms with Crippen LogP contribution in [-0.2, 0) is 21.4 Å². The summed E-state index contributed by atoms with van der Waals surface area (Å²) in [4.78, 5) is 16.6. The largest absolute Gasteiger partial charge is 0.452 e. The quantitative estimate of drug-likeness (QED) is 0.354. The van der Waals surface area contributed by atoms with Gasteiger partial charge >= 0.3 is 5.97 Å². The van der Waals surface area contributed by atoms with E-state index in [4.69, 9.17) is 20.9 Å². The van der Waals surface area contributed by atoms with Crippen LogP contribution in [0.4, 0.5) is 5.69 Å². The molecule has 0 bridgehead atoms. The zero-order chi connectivity index (χ0) is 23.4. The number of esters is 1. The van der Waals surface area contributed by atoms with Crippen LogP contribution in [0.3, 0.4) is 0 Å². The third-order valence-electron chi connectivity index (χ3n) is 4.77. The zero-order valence-electron chi connectivity index (χ0n) is 17.4. The maximum atomic E-state index is 12.8. The molecule has 1 heterocycles. The van der Waals surface area contributed by atoms with Crippen LogP contribution in [-0.4, -0.2) is 31.6 Å². The number of hydrogen-bond donors (Lipinski definition) is 0. The molecule has 0 saturated heterocycles. The molecule has 0 N–H and O–H groups in total. The summed E-state index contributed by atoms with van der Waals surface area (Å²) in [5.74, 6) is -0.187. The number of ether oxygens (including phenoxy) is 1. The van der Waals surface area contributed by atoms with E-state index in [0.717, 1.165) is 0 Å². The van der Waals surface area contributed by atoms with E-state index in [9.17, 15) is 13.2 Å². The number of sulfonamides is 1. The average molecular weight is 484 g/mol. The van der Waals surface area contributed by atoms with Crippen molar-refractivity contribution in [3.05, 3.63) is 95.3 Å². The van der Waals surface area contributed by atoms with Gasteiger partial charge < -0.3 is 9.26 Å². The van der Waals surface area contributed by atoms with Gasteiger partial charge in [0, 0.05) is 17.6 Å².